The van der Waals surface area contributed by atoms with Crippen LogP contribution in [-0.4, -0.2) is 11.7 Å². The third kappa shape index (κ3) is 2.63. The summed E-state index contributed by atoms with van der Waals surface area (Å²) < 4.78 is 6.71. The number of rotatable bonds is 3. The van der Waals surface area contributed by atoms with E-state index in [0.29, 0.717) is 6.61 Å². The second-order valence-electron chi connectivity index (χ2n) is 4.02. The Kier molecular flexibility index (Phi) is 3.40. The summed E-state index contributed by atoms with van der Waals surface area (Å²) >= 11 is 0. The normalized spacial score (nSPS) is 10.5. The molecule has 88 valence electrons. The Morgan fingerprint density at radius 1 is 1.24 bits per heavy atom. The number of aryl methyl sites for hydroxylation is 1. The highest BCUT2D eigenvalue weighted by atomic mass is 16.5. The number of benzene rings is 1. The van der Waals surface area contributed by atoms with Crippen molar-refractivity contribution >= 4 is 0 Å². The third-order valence-electron chi connectivity index (χ3n) is 2.57. The number of ether oxygens (including phenoxy) is 1. The summed E-state index contributed by atoms with van der Waals surface area (Å²) in [5, 5.41) is 0. The van der Waals surface area contributed by atoms with Crippen LogP contribution in [0.2, 0.25) is 0 Å². The van der Waals surface area contributed by atoms with Gasteiger partial charge in [-0.15, -0.1) is 0 Å². The van der Waals surface area contributed by atoms with Crippen LogP contribution in [0.1, 0.15) is 11.1 Å². The lowest BCUT2D eigenvalue weighted by Crippen LogP contribution is -2.16. The van der Waals surface area contributed by atoms with Crippen LogP contribution in [0.25, 0.3) is 5.69 Å². The Hall–Kier alpha value is -1.87. The van der Waals surface area contributed by atoms with Crippen molar-refractivity contribution in [2.24, 2.45) is 0 Å². The highest BCUT2D eigenvalue weighted by molar-refractivity contribution is 5.36. The number of methoxy groups -OCH3 is 1. The number of pyridine rings is 1. The summed E-state index contributed by atoms with van der Waals surface area (Å²) in [5.41, 5.74) is 2.88. The molecule has 0 radical (unpaired) electrons. The molecule has 2 rings (SSSR count). The fraction of sp³-hybridized carbons (Fsp3) is 0.214. The van der Waals surface area contributed by atoms with Crippen LogP contribution in [0, 0.1) is 6.92 Å². The zero-order chi connectivity index (χ0) is 12.3. The first-order chi connectivity index (χ1) is 8.20. The smallest absolute Gasteiger partial charge is 0.255 e. The van der Waals surface area contributed by atoms with E-state index in [9.17, 15) is 4.79 Å². The van der Waals surface area contributed by atoms with Crippen LogP contribution < -0.4 is 5.56 Å². The first-order valence-corrected chi connectivity index (χ1v) is 5.48. The van der Waals surface area contributed by atoms with Crippen molar-refractivity contribution in [2.75, 3.05) is 7.11 Å². The minimum atomic E-state index is -0.0143. The molecule has 0 amide bonds. The molecular formula is C14H15NO2. The lowest BCUT2D eigenvalue weighted by atomic mass is 10.2. The van der Waals surface area contributed by atoms with Crippen LogP contribution in [0.5, 0.6) is 0 Å². The van der Waals surface area contributed by atoms with Gasteiger partial charge in [0.25, 0.3) is 5.56 Å². The van der Waals surface area contributed by atoms with Gasteiger partial charge >= 0.3 is 0 Å². The molecule has 0 aliphatic carbocycles. The SMILES string of the molecule is COCc1cccc(-n2ccc(C)cc2=O)c1. The molecule has 0 saturated heterocycles. The first-order valence-electron chi connectivity index (χ1n) is 5.48. The van der Waals surface area contributed by atoms with E-state index in [1.54, 1.807) is 23.9 Å². The maximum Gasteiger partial charge on any atom is 0.255 e. The number of aromatic nitrogens is 1. The topological polar surface area (TPSA) is 31.2 Å². The Morgan fingerprint density at radius 2 is 2.06 bits per heavy atom. The lowest BCUT2D eigenvalue weighted by Gasteiger charge is -2.07. The van der Waals surface area contributed by atoms with Crippen LogP contribution in [0.4, 0.5) is 0 Å². The minimum Gasteiger partial charge on any atom is -0.380 e. The summed E-state index contributed by atoms with van der Waals surface area (Å²) in [6.45, 7) is 2.46. The van der Waals surface area contributed by atoms with E-state index < -0.39 is 0 Å². The van der Waals surface area contributed by atoms with Gasteiger partial charge in [-0.1, -0.05) is 12.1 Å². The summed E-state index contributed by atoms with van der Waals surface area (Å²) in [7, 11) is 1.66. The summed E-state index contributed by atoms with van der Waals surface area (Å²) in [4.78, 5) is 11.8. The van der Waals surface area contributed by atoms with Gasteiger partial charge in [0.15, 0.2) is 0 Å². The molecule has 17 heavy (non-hydrogen) atoms. The van der Waals surface area contributed by atoms with Gasteiger partial charge in [-0.25, -0.2) is 0 Å². The Morgan fingerprint density at radius 3 is 2.76 bits per heavy atom. The predicted molar refractivity (Wildman–Crippen MR) is 67.5 cm³/mol. The molecule has 0 aliphatic rings. The van der Waals surface area contributed by atoms with Gasteiger partial charge in [-0.3, -0.25) is 9.36 Å². The molecule has 1 heterocycles. The van der Waals surface area contributed by atoms with Gasteiger partial charge in [-0.05, 0) is 36.2 Å². The van der Waals surface area contributed by atoms with Gasteiger partial charge in [0.05, 0.1) is 6.61 Å². The molecule has 1 aromatic carbocycles. The van der Waals surface area contributed by atoms with Gasteiger partial charge in [0.1, 0.15) is 0 Å². The molecule has 0 spiro atoms. The summed E-state index contributed by atoms with van der Waals surface area (Å²) in [6, 6.07) is 11.3. The van der Waals surface area contributed by atoms with Crippen molar-refractivity contribution in [3.8, 4) is 5.69 Å². The first kappa shape index (κ1) is 11.6. The Labute approximate surface area is 100 Å². The van der Waals surface area contributed by atoms with E-state index in [-0.39, 0.29) is 5.56 Å². The molecule has 1 aromatic heterocycles. The predicted octanol–water partition coefficient (Wildman–Crippen LogP) is 2.29. The molecule has 0 bridgehead atoms. The van der Waals surface area contributed by atoms with E-state index in [4.69, 9.17) is 4.74 Å². The second-order valence-corrected chi connectivity index (χ2v) is 4.02. The van der Waals surface area contributed by atoms with Gasteiger partial charge in [-0.2, -0.15) is 0 Å². The Balaban J connectivity index is 2.45. The Bertz CT molecular complexity index is 572. The standard InChI is InChI=1S/C14H15NO2/c1-11-6-7-15(14(16)8-11)13-5-3-4-12(9-13)10-17-2/h3-9H,10H2,1-2H3. The molecule has 0 aliphatic heterocycles. The molecule has 3 nitrogen and oxygen atoms in total. The van der Waals surface area contributed by atoms with Gasteiger partial charge in [0.2, 0.25) is 0 Å². The van der Waals surface area contributed by atoms with Crippen LogP contribution in [-0.2, 0) is 11.3 Å². The molecule has 0 saturated carbocycles. The zero-order valence-corrected chi connectivity index (χ0v) is 10.0. The quantitative estimate of drug-likeness (QED) is 0.808. The second kappa shape index (κ2) is 4.97. The van der Waals surface area contributed by atoms with Crippen LogP contribution in [0.3, 0.4) is 0 Å². The van der Waals surface area contributed by atoms with E-state index in [1.807, 2.05) is 37.3 Å². The number of hydrogen-bond donors (Lipinski definition) is 0. The van der Waals surface area contributed by atoms with Crippen LogP contribution in [0.15, 0.2) is 47.4 Å². The maximum absolute atomic E-state index is 11.8. The summed E-state index contributed by atoms with van der Waals surface area (Å²) in [5.74, 6) is 0. The number of hydrogen-bond acceptors (Lipinski definition) is 2. The third-order valence-corrected chi connectivity index (χ3v) is 2.57. The number of nitrogens with zero attached hydrogens (tertiary/aromatic N) is 1. The van der Waals surface area contributed by atoms with Gasteiger partial charge < -0.3 is 4.74 Å². The monoisotopic (exact) mass is 229 g/mol. The van der Waals surface area contributed by atoms with Crippen LogP contribution >= 0.6 is 0 Å². The van der Waals surface area contributed by atoms with Crippen molar-refractivity contribution < 1.29 is 4.74 Å². The zero-order valence-electron chi connectivity index (χ0n) is 10.0. The van der Waals surface area contributed by atoms with Crippen molar-refractivity contribution in [1.82, 2.24) is 4.57 Å². The van der Waals surface area contributed by atoms with Crippen molar-refractivity contribution in [3.63, 3.8) is 0 Å². The average Bonchev–Trinajstić information content (AvgIpc) is 2.29. The van der Waals surface area contributed by atoms with Crippen molar-refractivity contribution in [1.29, 1.82) is 0 Å². The van der Waals surface area contributed by atoms with E-state index in [0.717, 1.165) is 16.8 Å². The molecule has 0 atom stereocenters. The summed E-state index contributed by atoms with van der Waals surface area (Å²) in [6.07, 6.45) is 1.80. The lowest BCUT2D eigenvalue weighted by molar-refractivity contribution is 0.185. The molecular weight excluding hydrogens is 214 g/mol. The van der Waals surface area contributed by atoms with Crippen molar-refractivity contribution in [3.05, 3.63) is 64.1 Å². The molecule has 0 fully saturated rings. The highest BCUT2D eigenvalue weighted by Crippen LogP contribution is 2.09. The van der Waals surface area contributed by atoms with E-state index >= 15 is 0 Å². The molecule has 3 heteroatoms. The van der Waals surface area contributed by atoms with Crippen molar-refractivity contribution in [2.45, 2.75) is 13.5 Å². The molecule has 0 unspecified atom stereocenters. The highest BCUT2D eigenvalue weighted by Gasteiger charge is 2.00. The largest absolute Gasteiger partial charge is 0.380 e. The average molecular weight is 229 g/mol. The molecule has 2 aromatic rings. The fourth-order valence-corrected chi connectivity index (χ4v) is 1.75. The fourth-order valence-electron chi connectivity index (χ4n) is 1.75. The van der Waals surface area contributed by atoms with E-state index in [2.05, 4.69) is 0 Å². The van der Waals surface area contributed by atoms with E-state index in [1.165, 1.54) is 0 Å². The maximum atomic E-state index is 11.8. The molecule has 0 N–H and O–H groups in total. The van der Waals surface area contributed by atoms with Gasteiger partial charge in [0, 0.05) is 25.1 Å². The minimum absolute atomic E-state index is 0.0143.